The number of amides is 2. The minimum atomic E-state index is -0.557. The van der Waals surface area contributed by atoms with Crippen LogP contribution in [0.15, 0.2) is 28.9 Å². The van der Waals surface area contributed by atoms with Crippen LogP contribution in [0, 0.1) is 5.92 Å². The molecule has 23 heavy (non-hydrogen) atoms. The maximum Gasteiger partial charge on any atom is 0.252 e. The second-order valence-electron chi connectivity index (χ2n) is 6.44. The largest absolute Gasteiger partial charge is 0.463 e. The van der Waals surface area contributed by atoms with Crippen LogP contribution in [0.1, 0.15) is 33.6 Å². The first-order valence-electron chi connectivity index (χ1n) is 7.96. The van der Waals surface area contributed by atoms with Crippen LogP contribution in [0.2, 0.25) is 0 Å². The molecular formula is C17H19N3O3. The Balaban J connectivity index is 1.57. The molecule has 0 unspecified atom stereocenters. The first-order valence-corrected chi connectivity index (χ1v) is 7.96. The lowest BCUT2D eigenvalue weighted by molar-refractivity contribution is 0.0620. The Bertz CT molecular complexity index is 774. The molecule has 6 heteroatoms. The summed E-state index contributed by atoms with van der Waals surface area (Å²) in [6, 6.07) is 5.30. The number of piperidine rings is 3. The van der Waals surface area contributed by atoms with Gasteiger partial charge in [-0.2, -0.15) is 0 Å². The number of carbonyl (C=O) groups excluding carboxylic acids is 2. The van der Waals surface area contributed by atoms with Gasteiger partial charge >= 0.3 is 0 Å². The van der Waals surface area contributed by atoms with Gasteiger partial charge in [-0.15, -0.1) is 0 Å². The topological polar surface area (TPSA) is 88.6 Å². The Kier molecular flexibility index (Phi) is 3.34. The molecule has 3 N–H and O–H groups in total. The molecule has 0 saturated carbocycles. The fourth-order valence-electron chi connectivity index (χ4n) is 3.74. The molecule has 2 amide bonds. The molecular weight excluding hydrogens is 294 g/mol. The minimum Gasteiger partial charge on any atom is -0.463 e. The van der Waals surface area contributed by atoms with E-state index in [0.29, 0.717) is 28.0 Å². The second-order valence-corrected chi connectivity index (χ2v) is 6.44. The van der Waals surface area contributed by atoms with Gasteiger partial charge in [0.15, 0.2) is 0 Å². The van der Waals surface area contributed by atoms with Gasteiger partial charge in [-0.05, 0) is 50.0 Å². The van der Waals surface area contributed by atoms with E-state index >= 15 is 0 Å². The Morgan fingerprint density at radius 3 is 2.70 bits per heavy atom. The fraction of sp³-hybridized carbons (Fsp3) is 0.412. The van der Waals surface area contributed by atoms with E-state index < -0.39 is 5.91 Å². The molecule has 1 aromatic carbocycles. The molecule has 4 heterocycles. The standard InChI is InChI=1S/C17H19N3O3/c18-16(21)13-9-23-15-2-1-11(7-12(13)15)17(22)19-14-8-20-5-3-10(14)4-6-20/h1-2,7,9-10,14H,3-6,8H2,(H2,18,21)(H,19,22)/t14-/m0/s1. The lowest BCUT2D eigenvalue weighted by Gasteiger charge is -2.44. The van der Waals surface area contributed by atoms with Crippen molar-refractivity contribution in [3.05, 3.63) is 35.6 Å². The summed E-state index contributed by atoms with van der Waals surface area (Å²) in [6.07, 6.45) is 3.64. The predicted octanol–water partition coefficient (Wildman–Crippen LogP) is 1.36. The summed E-state index contributed by atoms with van der Waals surface area (Å²) in [5.41, 5.74) is 6.72. The van der Waals surface area contributed by atoms with Gasteiger partial charge in [-0.25, -0.2) is 0 Å². The molecule has 6 nitrogen and oxygen atoms in total. The Labute approximate surface area is 133 Å². The molecule has 2 aromatic rings. The number of furan rings is 1. The number of nitrogens with two attached hydrogens (primary N) is 1. The van der Waals surface area contributed by atoms with E-state index in [0.717, 1.165) is 32.5 Å². The Morgan fingerprint density at radius 1 is 1.26 bits per heavy atom. The first kappa shape index (κ1) is 14.3. The number of primary amides is 1. The molecule has 1 atom stereocenters. The molecule has 3 saturated heterocycles. The number of hydrogen-bond donors (Lipinski definition) is 2. The van der Waals surface area contributed by atoms with E-state index in [-0.39, 0.29) is 11.9 Å². The molecule has 0 spiro atoms. The van der Waals surface area contributed by atoms with Crippen LogP contribution < -0.4 is 11.1 Å². The zero-order chi connectivity index (χ0) is 16.0. The van der Waals surface area contributed by atoms with Crippen LogP contribution >= 0.6 is 0 Å². The normalized spacial score (nSPS) is 26.3. The lowest BCUT2D eigenvalue weighted by Crippen LogP contribution is -2.57. The number of rotatable bonds is 3. The highest BCUT2D eigenvalue weighted by molar-refractivity contribution is 6.07. The number of nitrogens with zero attached hydrogens (tertiary/aromatic N) is 1. The molecule has 0 aliphatic carbocycles. The zero-order valence-corrected chi connectivity index (χ0v) is 12.7. The van der Waals surface area contributed by atoms with Crippen molar-refractivity contribution in [2.75, 3.05) is 19.6 Å². The number of hydrogen-bond acceptors (Lipinski definition) is 4. The summed E-state index contributed by atoms with van der Waals surface area (Å²) in [5.74, 6) is -0.0937. The van der Waals surface area contributed by atoms with Crippen LogP contribution in [-0.2, 0) is 0 Å². The summed E-state index contributed by atoms with van der Waals surface area (Å²) < 4.78 is 5.30. The van der Waals surface area contributed by atoms with E-state index in [4.69, 9.17) is 10.2 Å². The molecule has 0 radical (unpaired) electrons. The molecule has 120 valence electrons. The van der Waals surface area contributed by atoms with Crippen LogP contribution in [0.4, 0.5) is 0 Å². The van der Waals surface area contributed by atoms with Crippen molar-refractivity contribution in [2.45, 2.75) is 18.9 Å². The van der Waals surface area contributed by atoms with Crippen molar-refractivity contribution >= 4 is 22.8 Å². The van der Waals surface area contributed by atoms with Crippen molar-refractivity contribution in [2.24, 2.45) is 11.7 Å². The van der Waals surface area contributed by atoms with Crippen molar-refractivity contribution < 1.29 is 14.0 Å². The molecule has 2 bridgehead atoms. The van der Waals surface area contributed by atoms with Gasteiger partial charge in [-0.1, -0.05) is 0 Å². The van der Waals surface area contributed by atoms with Crippen molar-refractivity contribution in [1.82, 2.24) is 10.2 Å². The Hall–Kier alpha value is -2.34. The van der Waals surface area contributed by atoms with E-state index in [1.807, 2.05) is 0 Å². The lowest BCUT2D eigenvalue weighted by atomic mass is 9.84. The van der Waals surface area contributed by atoms with Gasteiger partial charge in [0.1, 0.15) is 11.8 Å². The number of nitrogens with one attached hydrogen (secondary N) is 1. The fourth-order valence-corrected chi connectivity index (χ4v) is 3.74. The van der Waals surface area contributed by atoms with Crippen molar-refractivity contribution in [3.8, 4) is 0 Å². The SMILES string of the molecule is NC(=O)c1coc2ccc(C(=O)N[C@H]3CN4CCC3CC4)cc12. The summed E-state index contributed by atoms with van der Waals surface area (Å²) in [4.78, 5) is 26.4. The number of carbonyl (C=O) groups is 2. The van der Waals surface area contributed by atoms with Gasteiger partial charge < -0.3 is 20.4 Å². The third-order valence-corrected chi connectivity index (χ3v) is 5.07. The van der Waals surface area contributed by atoms with E-state index in [1.54, 1.807) is 18.2 Å². The smallest absolute Gasteiger partial charge is 0.252 e. The summed E-state index contributed by atoms with van der Waals surface area (Å²) in [6.45, 7) is 3.21. The zero-order valence-electron chi connectivity index (χ0n) is 12.7. The predicted molar refractivity (Wildman–Crippen MR) is 85.2 cm³/mol. The van der Waals surface area contributed by atoms with Gasteiger partial charge in [0.05, 0.1) is 5.56 Å². The Morgan fingerprint density at radius 2 is 2.04 bits per heavy atom. The van der Waals surface area contributed by atoms with Crippen LogP contribution in [0.25, 0.3) is 11.0 Å². The van der Waals surface area contributed by atoms with Gasteiger partial charge in [0, 0.05) is 23.5 Å². The quantitative estimate of drug-likeness (QED) is 0.895. The second kappa shape index (κ2) is 5.38. The van der Waals surface area contributed by atoms with Gasteiger partial charge in [0.2, 0.25) is 0 Å². The third kappa shape index (κ3) is 2.49. The van der Waals surface area contributed by atoms with Crippen LogP contribution in [0.3, 0.4) is 0 Å². The summed E-state index contributed by atoms with van der Waals surface area (Å²) >= 11 is 0. The molecule has 3 aliphatic rings. The third-order valence-electron chi connectivity index (χ3n) is 5.07. The highest BCUT2D eigenvalue weighted by Gasteiger charge is 2.35. The average Bonchev–Trinajstić information content (AvgIpc) is 2.99. The first-order chi connectivity index (χ1) is 11.1. The monoisotopic (exact) mass is 313 g/mol. The van der Waals surface area contributed by atoms with E-state index in [9.17, 15) is 9.59 Å². The molecule has 3 aliphatic heterocycles. The van der Waals surface area contributed by atoms with Gasteiger partial charge in [-0.3, -0.25) is 9.59 Å². The highest BCUT2D eigenvalue weighted by Crippen LogP contribution is 2.28. The maximum atomic E-state index is 12.6. The maximum absolute atomic E-state index is 12.6. The molecule has 1 aromatic heterocycles. The van der Waals surface area contributed by atoms with Crippen LogP contribution in [0.5, 0.6) is 0 Å². The van der Waals surface area contributed by atoms with Crippen molar-refractivity contribution in [1.29, 1.82) is 0 Å². The molecule has 5 rings (SSSR count). The summed E-state index contributed by atoms with van der Waals surface area (Å²) in [5, 5.41) is 3.73. The number of fused-ring (bicyclic) bond motifs is 4. The van der Waals surface area contributed by atoms with Crippen LogP contribution in [-0.4, -0.2) is 42.4 Å². The van der Waals surface area contributed by atoms with Gasteiger partial charge in [0.25, 0.3) is 11.8 Å². The average molecular weight is 313 g/mol. The molecule has 3 fully saturated rings. The summed E-state index contributed by atoms with van der Waals surface area (Å²) in [7, 11) is 0. The van der Waals surface area contributed by atoms with Crippen molar-refractivity contribution in [3.63, 3.8) is 0 Å². The highest BCUT2D eigenvalue weighted by atomic mass is 16.3. The van der Waals surface area contributed by atoms with E-state index in [2.05, 4.69) is 10.2 Å². The number of benzene rings is 1. The van der Waals surface area contributed by atoms with E-state index in [1.165, 1.54) is 6.26 Å². The minimum absolute atomic E-state index is 0.109.